The Labute approximate surface area is 121 Å². The zero-order chi connectivity index (χ0) is 14.7. The van der Waals surface area contributed by atoms with Crippen LogP contribution < -0.4 is 5.73 Å². The normalized spacial score (nSPS) is 27.2. The van der Waals surface area contributed by atoms with Gasteiger partial charge in [0.15, 0.2) is 0 Å². The molecule has 2 amide bonds. The third-order valence-corrected chi connectivity index (χ3v) is 4.68. The van der Waals surface area contributed by atoms with Gasteiger partial charge in [-0.3, -0.25) is 9.59 Å². The first-order valence-electron chi connectivity index (χ1n) is 7.82. The molecule has 0 radical (unpaired) electrons. The van der Waals surface area contributed by atoms with Crippen LogP contribution in [0, 0.1) is 17.8 Å². The summed E-state index contributed by atoms with van der Waals surface area (Å²) in [7, 11) is 0. The Balaban J connectivity index is 1.87. The van der Waals surface area contributed by atoms with Crippen molar-refractivity contribution < 1.29 is 9.59 Å². The van der Waals surface area contributed by atoms with Gasteiger partial charge in [-0.25, -0.2) is 0 Å². The summed E-state index contributed by atoms with van der Waals surface area (Å²) in [5.74, 6) is 0.964. The number of amides is 2. The van der Waals surface area contributed by atoms with Crippen molar-refractivity contribution in [2.24, 2.45) is 23.5 Å². The Hall–Kier alpha value is -1.10. The third-order valence-electron chi connectivity index (χ3n) is 4.68. The first kappa shape index (κ1) is 15.3. The van der Waals surface area contributed by atoms with Gasteiger partial charge in [0.2, 0.25) is 11.8 Å². The number of hydrogen-bond acceptors (Lipinski definition) is 3. The number of rotatable bonds is 3. The molecule has 1 aliphatic carbocycles. The molecule has 5 heteroatoms. The van der Waals surface area contributed by atoms with E-state index in [0.29, 0.717) is 38.6 Å². The van der Waals surface area contributed by atoms with E-state index in [2.05, 4.69) is 0 Å². The van der Waals surface area contributed by atoms with E-state index in [4.69, 9.17) is 5.73 Å². The Kier molecular flexibility index (Phi) is 5.02. The lowest BCUT2D eigenvalue weighted by Crippen LogP contribution is -2.53. The summed E-state index contributed by atoms with van der Waals surface area (Å²) in [6.45, 7) is 7.14. The molecule has 2 unspecified atom stereocenters. The van der Waals surface area contributed by atoms with Crippen LogP contribution in [0.2, 0.25) is 0 Å². The van der Waals surface area contributed by atoms with Crippen LogP contribution in [-0.4, -0.2) is 54.3 Å². The smallest absolute Gasteiger partial charge is 0.226 e. The van der Waals surface area contributed by atoms with Gasteiger partial charge in [0, 0.05) is 38.0 Å². The number of piperazine rings is 1. The highest BCUT2D eigenvalue weighted by molar-refractivity contribution is 5.81. The van der Waals surface area contributed by atoms with E-state index in [-0.39, 0.29) is 23.7 Å². The zero-order valence-corrected chi connectivity index (χ0v) is 12.7. The molecule has 5 nitrogen and oxygen atoms in total. The summed E-state index contributed by atoms with van der Waals surface area (Å²) in [6.07, 6.45) is 3.18. The van der Waals surface area contributed by atoms with Crippen molar-refractivity contribution in [2.45, 2.75) is 33.1 Å². The van der Waals surface area contributed by atoms with E-state index in [1.165, 1.54) is 0 Å². The molecule has 2 fully saturated rings. The van der Waals surface area contributed by atoms with Gasteiger partial charge < -0.3 is 15.5 Å². The maximum Gasteiger partial charge on any atom is 0.226 e. The predicted molar refractivity (Wildman–Crippen MR) is 77.9 cm³/mol. The second-order valence-electron chi connectivity index (χ2n) is 6.34. The van der Waals surface area contributed by atoms with Gasteiger partial charge in [-0.05, 0) is 25.3 Å². The molecule has 20 heavy (non-hydrogen) atoms. The lowest BCUT2D eigenvalue weighted by molar-refractivity contribution is -0.144. The number of nitrogens with two attached hydrogens (primary N) is 1. The van der Waals surface area contributed by atoms with Crippen LogP contribution >= 0.6 is 0 Å². The molecule has 1 saturated heterocycles. The first-order valence-corrected chi connectivity index (χ1v) is 7.82. The molecule has 2 rings (SSSR count). The molecule has 0 aromatic heterocycles. The minimum Gasteiger partial charge on any atom is -0.339 e. The fraction of sp³-hybridized carbons (Fsp3) is 0.867. The lowest BCUT2D eigenvalue weighted by atomic mass is 9.94. The maximum atomic E-state index is 12.5. The largest absolute Gasteiger partial charge is 0.339 e. The van der Waals surface area contributed by atoms with Crippen molar-refractivity contribution in [1.82, 2.24) is 9.80 Å². The lowest BCUT2D eigenvalue weighted by Gasteiger charge is -2.37. The minimum atomic E-state index is 0.0358. The quantitative estimate of drug-likeness (QED) is 0.827. The SMILES string of the molecule is CC(C)C(=O)N1CCN(C(=O)C2CCCC2CN)CC1. The molecule has 0 aromatic rings. The van der Waals surface area contributed by atoms with Crippen molar-refractivity contribution in [3.63, 3.8) is 0 Å². The Morgan fingerprint density at radius 3 is 2.25 bits per heavy atom. The van der Waals surface area contributed by atoms with Gasteiger partial charge >= 0.3 is 0 Å². The van der Waals surface area contributed by atoms with Crippen LogP contribution in [0.1, 0.15) is 33.1 Å². The monoisotopic (exact) mass is 281 g/mol. The molecule has 114 valence electrons. The highest BCUT2D eigenvalue weighted by Gasteiger charge is 2.36. The molecule has 0 spiro atoms. The van der Waals surface area contributed by atoms with Gasteiger partial charge in [0.05, 0.1) is 0 Å². The second kappa shape index (κ2) is 6.57. The highest BCUT2D eigenvalue weighted by Crippen LogP contribution is 2.32. The number of carbonyl (C=O) groups is 2. The number of hydrogen-bond donors (Lipinski definition) is 1. The van der Waals surface area contributed by atoms with Crippen LogP contribution in [0.25, 0.3) is 0 Å². The number of carbonyl (C=O) groups excluding carboxylic acids is 2. The zero-order valence-electron chi connectivity index (χ0n) is 12.7. The van der Waals surface area contributed by atoms with Crippen molar-refractivity contribution in [3.8, 4) is 0 Å². The third kappa shape index (κ3) is 3.14. The topological polar surface area (TPSA) is 66.6 Å². The fourth-order valence-electron chi connectivity index (χ4n) is 3.39. The maximum absolute atomic E-state index is 12.5. The van der Waals surface area contributed by atoms with Gasteiger partial charge in [-0.2, -0.15) is 0 Å². The molecule has 1 aliphatic heterocycles. The summed E-state index contributed by atoms with van der Waals surface area (Å²) in [5.41, 5.74) is 5.76. The van der Waals surface area contributed by atoms with E-state index in [1.54, 1.807) is 0 Å². The summed E-state index contributed by atoms with van der Waals surface area (Å²) < 4.78 is 0. The van der Waals surface area contributed by atoms with Crippen LogP contribution in [0.15, 0.2) is 0 Å². The predicted octanol–water partition coefficient (Wildman–Crippen LogP) is 0.688. The van der Waals surface area contributed by atoms with Crippen LogP contribution in [-0.2, 0) is 9.59 Å². The molecule has 0 bridgehead atoms. The van der Waals surface area contributed by atoms with E-state index >= 15 is 0 Å². The van der Waals surface area contributed by atoms with Crippen molar-refractivity contribution in [2.75, 3.05) is 32.7 Å². The summed E-state index contributed by atoms with van der Waals surface area (Å²) in [5, 5.41) is 0. The van der Waals surface area contributed by atoms with Crippen LogP contribution in [0.5, 0.6) is 0 Å². The Morgan fingerprint density at radius 2 is 1.70 bits per heavy atom. The Morgan fingerprint density at radius 1 is 1.10 bits per heavy atom. The van der Waals surface area contributed by atoms with Crippen LogP contribution in [0.3, 0.4) is 0 Å². The average Bonchev–Trinajstić information content (AvgIpc) is 2.94. The van der Waals surface area contributed by atoms with Crippen molar-refractivity contribution >= 4 is 11.8 Å². The van der Waals surface area contributed by atoms with Crippen molar-refractivity contribution in [3.05, 3.63) is 0 Å². The second-order valence-corrected chi connectivity index (χ2v) is 6.34. The van der Waals surface area contributed by atoms with Gasteiger partial charge in [0.1, 0.15) is 0 Å². The molecule has 1 saturated carbocycles. The molecular formula is C15H27N3O2. The molecule has 1 heterocycles. The molecule has 2 aliphatic rings. The fourth-order valence-corrected chi connectivity index (χ4v) is 3.39. The van der Waals surface area contributed by atoms with Crippen molar-refractivity contribution in [1.29, 1.82) is 0 Å². The van der Waals surface area contributed by atoms with E-state index in [1.807, 2.05) is 23.6 Å². The first-order chi connectivity index (χ1) is 9.54. The molecule has 0 aromatic carbocycles. The number of nitrogens with zero attached hydrogens (tertiary/aromatic N) is 2. The molecular weight excluding hydrogens is 254 g/mol. The van der Waals surface area contributed by atoms with E-state index < -0.39 is 0 Å². The average molecular weight is 281 g/mol. The molecule has 2 N–H and O–H groups in total. The highest BCUT2D eigenvalue weighted by atomic mass is 16.2. The summed E-state index contributed by atoms with van der Waals surface area (Å²) in [6, 6.07) is 0. The summed E-state index contributed by atoms with van der Waals surface area (Å²) in [4.78, 5) is 28.3. The Bertz CT molecular complexity index is 362. The molecule has 2 atom stereocenters. The van der Waals surface area contributed by atoms with Gasteiger partial charge in [-0.15, -0.1) is 0 Å². The van der Waals surface area contributed by atoms with E-state index in [9.17, 15) is 9.59 Å². The van der Waals surface area contributed by atoms with Gasteiger partial charge in [0.25, 0.3) is 0 Å². The minimum absolute atomic E-state index is 0.0358. The van der Waals surface area contributed by atoms with Crippen LogP contribution in [0.4, 0.5) is 0 Å². The summed E-state index contributed by atoms with van der Waals surface area (Å²) >= 11 is 0. The van der Waals surface area contributed by atoms with E-state index in [0.717, 1.165) is 19.3 Å². The standard InChI is InChI=1S/C15H27N3O2/c1-11(2)14(19)17-6-8-18(9-7-17)15(20)13-5-3-4-12(13)10-16/h11-13H,3-10,16H2,1-2H3. The van der Waals surface area contributed by atoms with Gasteiger partial charge in [-0.1, -0.05) is 20.3 Å².